The molecule has 6 rings (SSSR count). The van der Waals surface area contributed by atoms with E-state index in [1.165, 1.54) is 33.4 Å². The molecular weight excluding hydrogens is 671 g/mol. The molecule has 0 radical (unpaired) electrons. The van der Waals surface area contributed by atoms with Crippen LogP contribution in [0.4, 0.5) is 0 Å². The van der Waals surface area contributed by atoms with Crippen LogP contribution in [-0.4, -0.2) is 5.43 Å². The SMILES string of the molecule is Cc1cccc([Si](c2cccc(C)c2)=[Zr+2]([C]2=CC=CC2)[CH]2c3cc(C(C)(C)C)ccc3-c3ccc(C(C)(C)C)cc32)c1.[Cl-].[Cl-]. The van der Waals surface area contributed by atoms with E-state index in [9.17, 15) is 0 Å². The molecule has 2 aliphatic rings. The van der Waals surface area contributed by atoms with Crippen molar-refractivity contribution in [2.24, 2.45) is 0 Å². The van der Waals surface area contributed by atoms with Crippen molar-refractivity contribution >= 4 is 15.8 Å². The number of hydrogen-bond donors (Lipinski definition) is 0. The average Bonchev–Trinajstić information content (AvgIpc) is 3.57. The van der Waals surface area contributed by atoms with Crippen LogP contribution in [0.15, 0.2) is 106 Å². The van der Waals surface area contributed by atoms with Crippen LogP contribution in [0, 0.1) is 13.8 Å². The predicted octanol–water partition coefficient (Wildman–Crippen LogP) is 3.24. The first-order chi connectivity index (χ1) is 19.9. The Kier molecular flexibility index (Phi) is 10.6. The molecule has 0 aliphatic heterocycles. The number of hydrogen-bond acceptors (Lipinski definition) is 0. The summed E-state index contributed by atoms with van der Waals surface area (Å²) in [6.45, 7) is 18.7. The molecule has 4 aromatic rings. The minimum absolute atomic E-state index is 0. The fraction of sp³-hybridized carbons (Fsp3) is 0.300. The van der Waals surface area contributed by atoms with Gasteiger partial charge < -0.3 is 24.8 Å². The van der Waals surface area contributed by atoms with Crippen molar-refractivity contribution in [2.45, 2.75) is 76.3 Å². The zero-order valence-corrected chi connectivity index (χ0v) is 32.3. The maximum Gasteiger partial charge on any atom is -1.00 e. The molecule has 0 aromatic heterocycles. The molecule has 0 unspecified atom stereocenters. The summed E-state index contributed by atoms with van der Waals surface area (Å²) < 4.78 is 2.28. The molecule has 0 atom stereocenters. The zero-order valence-electron chi connectivity index (χ0n) is 27.4. The third kappa shape index (κ3) is 6.76. The molecule has 2 aliphatic carbocycles. The first kappa shape index (κ1) is 34.9. The van der Waals surface area contributed by atoms with Gasteiger partial charge in [-0.2, -0.15) is 0 Å². The van der Waals surface area contributed by atoms with E-state index >= 15 is 0 Å². The number of allylic oxidation sites excluding steroid dienone is 4. The van der Waals surface area contributed by atoms with Crippen molar-refractivity contribution in [1.82, 2.24) is 0 Å². The van der Waals surface area contributed by atoms with Gasteiger partial charge in [-0.05, 0) is 0 Å². The van der Waals surface area contributed by atoms with Crippen molar-refractivity contribution < 1.29 is 45.2 Å². The van der Waals surface area contributed by atoms with Crippen molar-refractivity contribution in [3.05, 3.63) is 140 Å². The van der Waals surface area contributed by atoms with Crippen LogP contribution < -0.4 is 35.2 Å². The van der Waals surface area contributed by atoms with Gasteiger partial charge in [-0.1, -0.05) is 0 Å². The Morgan fingerprint density at radius 1 is 0.636 bits per heavy atom. The molecule has 0 fully saturated rings. The minimum atomic E-state index is -2.53. The fourth-order valence-corrected chi connectivity index (χ4v) is 29.0. The molecule has 0 N–H and O–H groups in total. The second-order valence-electron chi connectivity index (χ2n) is 14.4. The van der Waals surface area contributed by atoms with Crippen molar-refractivity contribution in [3.8, 4) is 11.1 Å². The van der Waals surface area contributed by atoms with Gasteiger partial charge in [0.1, 0.15) is 0 Å². The predicted molar refractivity (Wildman–Crippen MR) is 180 cm³/mol. The van der Waals surface area contributed by atoms with Gasteiger partial charge in [-0.25, -0.2) is 0 Å². The van der Waals surface area contributed by atoms with Gasteiger partial charge in [-0.3, -0.25) is 0 Å². The van der Waals surface area contributed by atoms with E-state index in [1.54, 1.807) is 24.8 Å². The molecule has 0 heterocycles. The normalized spacial score (nSPS) is 13.7. The van der Waals surface area contributed by atoms with Gasteiger partial charge in [-0.15, -0.1) is 0 Å². The van der Waals surface area contributed by atoms with Gasteiger partial charge in [0.2, 0.25) is 0 Å². The van der Waals surface area contributed by atoms with Crippen molar-refractivity contribution in [1.29, 1.82) is 0 Å². The average molecular weight is 715 g/mol. The van der Waals surface area contributed by atoms with Gasteiger partial charge in [0, 0.05) is 0 Å². The van der Waals surface area contributed by atoms with Crippen LogP contribution in [0.25, 0.3) is 11.1 Å². The van der Waals surface area contributed by atoms with E-state index in [4.69, 9.17) is 0 Å². The van der Waals surface area contributed by atoms with Crippen LogP contribution in [0.1, 0.15) is 85.0 Å². The molecular formula is C40H44Cl2SiZr. The second-order valence-corrected chi connectivity index (χ2v) is 28.2. The molecule has 0 bridgehead atoms. The first-order valence-electron chi connectivity index (χ1n) is 15.5. The second kappa shape index (κ2) is 13.4. The standard InChI is InChI=1S/C21H25.C14H14Si.C5H5.2ClH.Zr/c1-20(2,3)16-7-9-18-14(12-16)11-15-13-17(21(4,5)6)8-10-19(15)18;1-11-5-3-7-13(9-11)15-14-8-4-6-12(2)10-14;1-2-4-5-3-1;;;/h7-13H,1-6H3;3-10H,1-2H3;1-3H,4H2;2*1H;/q;;;;;+2/p-2. The largest absolute Gasteiger partial charge is 1.00 e. The van der Waals surface area contributed by atoms with Crippen molar-refractivity contribution in [2.75, 3.05) is 0 Å². The van der Waals surface area contributed by atoms with Crippen molar-refractivity contribution in [3.63, 3.8) is 0 Å². The van der Waals surface area contributed by atoms with E-state index in [1.807, 2.05) is 0 Å². The summed E-state index contributed by atoms with van der Waals surface area (Å²) in [5, 5.41) is 3.20. The number of rotatable bonds is 4. The maximum atomic E-state index is 2.62. The maximum absolute atomic E-state index is 2.62. The Morgan fingerprint density at radius 3 is 1.50 bits per heavy atom. The van der Waals surface area contributed by atoms with Crippen LogP contribution in [-0.2, 0) is 31.2 Å². The molecule has 44 heavy (non-hydrogen) atoms. The Balaban J connectivity index is 0.00000221. The molecule has 4 aromatic carbocycles. The van der Waals surface area contributed by atoms with Gasteiger partial charge in [0.05, 0.1) is 0 Å². The van der Waals surface area contributed by atoms with Crippen LogP contribution in [0.5, 0.6) is 0 Å². The smallest absolute Gasteiger partial charge is 1.00 e. The summed E-state index contributed by atoms with van der Waals surface area (Å²) in [4.78, 5) is 0. The molecule has 0 saturated carbocycles. The van der Waals surface area contributed by atoms with E-state index in [0.29, 0.717) is 3.63 Å². The third-order valence-corrected chi connectivity index (χ3v) is 28.7. The Hall–Kier alpha value is -1.96. The Labute approximate surface area is 286 Å². The molecule has 0 spiro atoms. The first-order valence-corrected chi connectivity index (χ1v) is 23.3. The summed E-state index contributed by atoms with van der Waals surface area (Å²) in [5.74, 6) is 0. The summed E-state index contributed by atoms with van der Waals surface area (Å²) >= 11 is -2.53. The van der Waals surface area contributed by atoms with E-state index in [-0.39, 0.29) is 35.6 Å². The topological polar surface area (TPSA) is 0 Å². The molecule has 0 saturated heterocycles. The fourth-order valence-electron chi connectivity index (χ4n) is 6.72. The third-order valence-electron chi connectivity index (χ3n) is 9.04. The number of fused-ring (bicyclic) bond motifs is 3. The number of aryl methyl sites for hydroxylation is 2. The van der Waals surface area contributed by atoms with E-state index in [0.717, 1.165) is 6.42 Å². The molecule has 0 nitrogen and oxygen atoms in total. The van der Waals surface area contributed by atoms with Crippen LogP contribution in [0.3, 0.4) is 0 Å². The summed E-state index contributed by atoms with van der Waals surface area (Å²) in [5.41, 5.74) is 11.0. The summed E-state index contributed by atoms with van der Waals surface area (Å²) in [6, 6.07) is 34.1. The molecule has 0 amide bonds. The monoisotopic (exact) mass is 712 g/mol. The molecule has 226 valence electrons. The van der Waals surface area contributed by atoms with Crippen LogP contribution >= 0.6 is 0 Å². The zero-order chi connectivity index (χ0) is 29.8. The Bertz CT molecular complexity index is 1690. The number of halogens is 2. The quantitative estimate of drug-likeness (QED) is 0.285. The minimum Gasteiger partial charge on any atom is -1.00 e. The van der Waals surface area contributed by atoms with E-state index in [2.05, 4.69) is 159 Å². The van der Waals surface area contributed by atoms with Crippen LogP contribution in [0.2, 0.25) is 0 Å². The molecule has 4 heteroatoms. The van der Waals surface area contributed by atoms with Gasteiger partial charge in [0.15, 0.2) is 0 Å². The van der Waals surface area contributed by atoms with Gasteiger partial charge >= 0.3 is 263 Å². The Morgan fingerprint density at radius 2 is 1.11 bits per heavy atom. The summed E-state index contributed by atoms with van der Waals surface area (Å²) in [7, 11) is 0. The summed E-state index contributed by atoms with van der Waals surface area (Å²) in [6.07, 6.45) is 8.41. The van der Waals surface area contributed by atoms with E-state index < -0.39 is 25.8 Å². The van der Waals surface area contributed by atoms with Gasteiger partial charge in [0.25, 0.3) is 0 Å². The number of benzene rings is 4.